The highest BCUT2D eigenvalue weighted by Crippen LogP contribution is 2.57. The number of rotatable bonds is 3. The summed E-state index contributed by atoms with van der Waals surface area (Å²) in [5, 5.41) is 0. The Morgan fingerprint density at radius 1 is 1.53 bits per heavy atom. The van der Waals surface area contributed by atoms with Crippen molar-refractivity contribution in [3.8, 4) is 0 Å². The highest BCUT2D eigenvalue weighted by molar-refractivity contribution is 5.90. The average Bonchev–Trinajstić information content (AvgIpc) is 2.61. The molecular formula is C15H25NO3. The summed E-state index contributed by atoms with van der Waals surface area (Å²) in [6.45, 7) is 6.12. The number of fused-ring (bicyclic) bond motifs is 1. The number of nitrogens with two attached hydrogens (primary N) is 1. The van der Waals surface area contributed by atoms with Crippen molar-refractivity contribution in [2.24, 2.45) is 23.0 Å². The van der Waals surface area contributed by atoms with E-state index in [1.54, 1.807) is 0 Å². The van der Waals surface area contributed by atoms with Crippen molar-refractivity contribution in [2.45, 2.75) is 58.4 Å². The number of ether oxygens (including phenoxy) is 1. The molecule has 0 aromatic rings. The maximum atomic E-state index is 12.2. The first-order valence-corrected chi connectivity index (χ1v) is 7.27. The van der Waals surface area contributed by atoms with Gasteiger partial charge in [-0.3, -0.25) is 9.59 Å². The van der Waals surface area contributed by atoms with Crippen LogP contribution in [-0.2, 0) is 14.3 Å². The standard InChI is InChI=1S/C15H25NO3/c1-10(9-19-11(2)17)12-6-8-15(16)13(18)5-4-7-14(12,15)3/h10,12H,4-9,16H2,1-3H3/t10-,12-,14-,15-/m1/s1. The monoisotopic (exact) mass is 267 g/mol. The lowest BCUT2D eigenvalue weighted by molar-refractivity contribution is -0.144. The number of Topliss-reactive ketones (excluding diaryl/α,β-unsaturated/α-hetero) is 1. The van der Waals surface area contributed by atoms with E-state index in [-0.39, 0.29) is 23.1 Å². The quantitative estimate of drug-likeness (QED) is 0.795. The number of ketones is 1. The second-order valence-electron chi connectivity index (χ2n) is 6.59. The minimum absolute atomic E-state index is 0.137. The second kappa shape index (κ2) is 4.89. The summed E-state index contributed by atoms with van der Waals surface area (Å²) in [5.74, 6) is 0.600. The lowest BCUT2D eigenvalue weighted by Gasteiger charge is -2.48. The second-order valence-corrected chi connectivity index (χ2v) is 6.59. The van der Waals surface area contributed by atoms with Gasteiger partial charge in [0, 0.05) is 13.3 Å². The Kier molecular flexibility index (Phi) is 3.74. The van der Waals surface area contributed by atoms with Crippen LogP contribution in [0.4, 0.5) is 0 Å². The molecule has 0 bridgehead atoms. The van der Waals surface area contributed by atoms with Crippen molar-refractivity contribution in [1.29, 1.82) is 0 Å². The molecule has 2 aliphatic carbocycles. The summed E-state index contributed by atoms with van der Waals surface area (Å²) in [6, 6.07) is 0. The Balaban J connectivity index is 2.15. The van der Waals surface area contributed by atoms with Gasteiger partial charge in [0.15, 0.2) is 5.78 Å². The molecule has 0 aliphatic heterocycles. The predicted octanol–water partition coefficient (Wildman–Crippen LogP) is 2.05. The molecule has 0 heterocycles. The van der Waals surface area contributed by atoms with Gasteiger partial charge in [-0.15, -0.1) is 0 Å². The van der Waals surface area contributed by atoms with E-state index in [0.717, 1.165) is 25.7 Å². The third-order valence-electron chi connectivity index (χ3n) is 5.52. The van der Waals surface area contributed by atoms with Gasteiger partial charge in [-0.25, -0.2) is 0 Å². The number of esters is 1. The van der Waals surface area contributed by atoms with Gasteiger partial charge in [0.2, 0.25) is 0 Å². The molecule has 0 aromatic heterocycles. The molecule has 108 valence electrons. The maximum absolute atomic E-state index is 12.2. The minimum Gasteiger partial charge on any atom is -0.466 e. The predicted molar refractivity (Wildman–Crippen MR) is 72.4 cm³/mol. The molecule has 19 heavy (non-hydrogen) atoms. The molecule has 0 saturated heterocycles. The third-order valence-corrected chi connectivity index (χ3v) is 5.52. The molecule has 2 fully saturated rings. The van der Waals surface area contributed by atoms with E-state index in [9.17, 15) is 9.59 Å². The minimum atomic E-state index is -0.652. The first-order valence-electron chi connectivity index (χ1n) is 7.27. The summed E-state index contributed by atoms with van der Waals surface area (Å²) < 4.78 is 5.14. The molecule has 4 nitrogen and oxygen atoms in total. The van der Waals surface area contributed by atoms with E-state index in [1.165, 1.54) is 6.92 Å². The fourth-order valence-electron chi connectivity index (χ4n) is 4.30. The van der Waals surface area contributed by atoms with E-state index in [2.05, 4.69) is 13.8 Å². The SMILES string of the molecule is CC(=O)OC[C@@H](C)[C@H]1CC[C@@]2(N)C(=O)CCC[C@]12C. The molecule has 0 spiro atoms. The number of carbonyl (C=O) groups excluding carboxylic acids is 2. The number of hydrogen-bond acceptors (Lipinski definition) is 4. The summed E-state index contributed by atoms with van der Waals surface area (Å²) in [7, 11) is 0. The fraction of sp³-hybridized carbons (Fsp3) is 0.867. The molecular weight excluding hydrogens is 242 g/mol. The van der Waals surface area contributed by atoms with Gasteiger partial charge in [0.1, 0.15) is 0 Å². The van der Waals surface area contributed by atoms with Crippen LogP contribution in [0.5, 0.6) is 0 Å². The van der Waals surface area contributed by atoms with Crippen LogP contribution >= 0.6 is 0 Å². The van der Waals surface area contributed by atoms with Crippen LogP contribution in [0.1, 0.15) is 52.9 Å². The molecule has 2 N–H and O–H groups in total. The normalized spacial score (nSPS) is 39.8. The molecule has 0 radical (unpaired) electrons. The lowest BCUT2D eigenvalue weighted by Crippen LogP contribution is -2.61. The summed E-state index contributed by atoms with van der Waals surface area (Å²) in [5.41, 5.74) is 5.68. The van der Waals surface area contributed by atoms with Gasteiger partial charge < -0.3 is 10.5 Å². The van der Waals surface area contributed by atoms with Crippen LogP contribution in [-0.4, -0.2) is 23.9 Å². The average molecular weight is 267 g/mol. The Hall–Kier alpha value is -0.900. The molecule has 4 heteroatoms. The van der Waals surface area contributed by atoms with Gasteiger partial charge >= 0.3 is 5.97 Å². The van der Waals surface area contributed by atoms with Crippen molar-refractivity contribution in [3.05, 3.63) is 0 Å². The van der Waals surface area contributed by atoms with E-state index in [4.69, 9.17) is 10.5 Å². The Morgan fingerprint density at radius 2 is 2.21 bits per heavy atom. The van der Waals surface area contributed by atoms with E-state index in [1.807, 2.05) is 0 Å². The third kappa shape index (κ3) is 2.20. The first-order chi connectivity index (χ1) is 8.81. The van der Waals surface area contributed by atoms with Gasteiger partial charge in [0.05, 0.1) is 12.1 Å². The summed E-state index contributed by atoms with van der Waals surface area (Å²) >= 11 is 0. The van der Waals surface area contributed by atoms with E-state index in [0.29, 0.717) is 18.9 Å². The molecule has 0 aromatic carbocycles. The van der Waals surface area contributed by atoms with Crippen LogP contribution in [0.15, 0.2) is 0 Å². The smallest absolute Gasteiger partial charge is 0.302 e. The molecule has 2 aliphatic rings. The highest BCUT2D eigenvalue weighted by Gasteiger charge is 2.60. The van der Waals surface area contributed by atoms with Gasteiger partial charge in [-0.2, -0.15) is 0 Å². The zero-order chi connectivity index (χ0) is 14.3. The lowest BCUT2D eigenvalue weighted by atomic mass is 9.59. The fourth-order valence-corrected chi connectivity index (χ4v) is 4.30. The van der Waals surface area contributed by atoms with E-state index >= 15 is 0 Å². The first kappa shape index (κ1) is 14.5. The zero-order valence-corrected chi connectivity index (χ0v) is 12.2. The molecule has 0 amide bonds. The topological polar surface area (TPSA) is 69.4 Å². The van der Waals surface area contributed by atoms with Crippen molar-refractivity contribution in [1.82, 2.24) is 0 Å². The molecule has 2 rings (SSSR count). The number of carbonyl (C=O) groups is 2. The summed E-state index contributed by atoms with van der Waals surface area (Å²) in [6.07, 6.45) is 4.30. The van der Waals surface area contributed by atoms with Crippen LogP contribution in [0.3, 0.4) is 0 Å². The van der Waals surface area contributed by atoms with Crippen LogP contribution in [0, 0.1) is 17.3 Å². The zero-order valence-electron chi connectivity index (χ0n) is 12.2. The molecule has 4 atom stereocenters. The van der Waals surface area contributed by atoms with Gasteiger partial charge in [-0.1, -0.05) is 13.8 Å². The van der Waals surface area contributed by atoms with Gasteiger partial charge in [-0.05, 0) is 42.9 Å². The Bertz CT molecular complexity index is 395. The van der Waals surface area contributed by atoms with Crippen molar-refractivity contribution in [2.75, 3.05) is 6.61 Å². The number of hydrogen-bond donors (Lipinski definition) is 1. The van der Waals surface area contributed by atoms with E-state index < -0.39 is 5.54 Å². The van der Waals surface area contributed by atoms with Gasteiger partial charge in [0.25, 0.3) is 0 Å². The maximum Gasteiger partial charge on any atom is 0.302 e. The van der Waals surface area contributed by atoms with Crippen molar-refractivity contribution in [3.63, 3.8) is 0 Å². The summed E-state index contributed by atoms with van der Waals surface area (Å²) in [4.78, 5) is 23.2. The Morgan fingerprint density at radius 3 is 2.84 bits per heavy atom. The van der Waals surface area contributed by atoms with Crippen LogP contribution < -0.4 is 5.73 Å². The van der Waals surface area contributed by atoms with Crippen LogP contribution in [0.2, 0.25) is 0 Å². The molecule has 2 saturated carbocycles. The van der Waals surface area contributed by atoms with Crippen molar-refractivity contribution < 1.29 is 14.3 Å². The van der Waals surface area contributed by atoms with Crippen LogP contribution in [0.25, 0.3) is 0 Å². The van der Waals surface area contributed by atoms with Crippen molar-refractivity contribution >= 4 is 11.8 Å². The molecule has 0 unspecified atom stereocenters. The largest absolute Gasteiger partial charge is 0.466 e. The Labute approximate surface area is 115 Å². The highest BCUT2D eigenvalue weighted by atomic mass is 16.5.